The fourth-order valence-corrected chi connectivity index (χ4v) is 5.45. The van der Waals surface area contributed by atoms with Crippen LogP contribution in [0.5, 0.6) is 17.2 Å². The van der Waals surface area contributed by atoms with E-state index in [-0.39, 0.29) is 5.91 Å². The van der Waals surface area contributed by atoms with Crippen LogP contribution in [-0.4, -0.2) is 57.1 Å². The third-order valence-corrected chi connectivity index (χ3v) is 8.23. The zero-order valence-electron chi connectivity index (χ0n) is 25.6. The minimum Gasteiger partial charge on any atom is -0.493 e. The number of esters is 1. The van der Waals surface area contributed by atoms with Crippen molar-refractivity contribution in [2.75, 3.05) is 37.9 Å². The Morgan fingerprint density at radius 1 is 0.674 bits per heavy atom. The maximum atomic E-state index is 13.7. The molecule has 2 fully saturated rings. The summed E-state index contributed by atoms with van der Waals surface area (Å²) in [5, 5.41) is 3.82. The van der Waals surface area contributed by atoms with Crippen molar-refractivity contribution in [3.63, 3.8) is 0 Å². The molecule has 0 spiro atoms. The number of hydrogen-bond donors (Lipinski definition) is 0. The Hall–Kier alpha value is -4.92. The molecule has 2 heterocycles. The molecule has 2 saturated heterocycles. The van der Waals surface area contributed by atoms with Gasteiger partial charge in [0.05, 0.1) is 44.2 Å². The van der Waals surface area contributed by atoms with Crippen molar-refractivity contribution in [1.29, 1.82) is 0 Å². The van der Waals surface area contributed by atoms with E-state index < -0.39 is 5.97 Å². The van der Waals surface area contributed by atoms with Crippen molar-refractivity contribution in [2.24, 2.45) is 0 Å². The average molecular weight is 618 g/mol. The van der Waals surface area contributed by atoms with E-state index in [9.17, 15) is 9.59 Å². The van der Waals surface area contributed by atoms with E-state index in [0.717, 1.165) is 59.1 Å². The Kier molecular flexibility index (Phi) is 8.55. The van der Waals surface area contributed by atoms with Crippen molar-refractivity contribution in [3.8, 4) is 17.2 Å². The smallest absolute Gasteiger partial charge is 0.343 e. The van der Waals surface area contributed by atoms with Gasteiger partial charge in [-0.15, -0.1) is 0 Å². The van der Waals surface area contributed by atoms with Crippen LogP contribution in [0.15, 0.2) is 97.1 Å². The van der Waals surface area contributed by atoms with Crippen LogP contribution in [0.2, 0.25) is 0 Å². The van der Waals surface area contributed by atoms with Crippen LogP contribution in [0.25, 0.3) is 21.5 Å². The van der Waals surface area contributed by atoms with Gasteiger partial charge in [0.15, 0.2) is 0 Å². The second-order valence-electron chi connectivity index (χ2n) is 11.6. The molecular formula is C38H35NO7. The van der Waals surface area contributed by atoms with Crippen molar-refractivity contribution < 1.29 is 33.3 Å². The van der Waals surface area contributed by atoms with E-state index in [1.165, 1.54) is 0 Å². The van der Waals surface area contributed by atoms with Crippen LogP contribution in [-0.2, 0) is 9.47 Å². The number of benzene rings is 5. The number of rotatable bonds is 13. The third-order valence-electron chi connectivity index (χ3n) is 8.23. The summed E-state index contributed by atoms with van der Waals surface area (Å²) in [7, 11) is 0. The van der Waals surface area contributed by atoms with Gasteiger partial charge >= 0.3 is 5.97 Å². The Morgan fingerprint density at radius 2 is 1.22 bits per heavy atom. The van der Waals surface area contributed by atoms with Gasteiger partial charge in [-0.1, -0.05) is 30.3 Å². The molecule has 2 atom stereocenters. The van der Waals surface area contributed by atoms with Crippen molar-refractivity contribution in [3.05, 3.63) is 108 Å². The predicted octanol–water partition coefficient (Wildman–Crippen LogP) is 7.21. The van der Waals surface area contributed by atoms with Gasteiger partial charge in [0.1, 0.15) is 17.2 Å². The highest BCUT2D eigenvalue weighted by Gasteiger charge is 2.23. The lowest BCUT2D eigenvalue weighted by atomic mass is 10.1. The highest BCUT2D eigenvalue weighted by molar-refractivity contribution is 6.08. The van der Waals surface area contributed by atoms with Crippen LogP contribution in [0.4, 0.5) is 5.69 Å². The largest absolute Gasteiger partial charge is 0.493 e. The van der Waals surface area contributed by atoms with Gasteiger partial charge in [-0.3, -0.25) is 4.79 Å². The van der Waals surface area contributed by atoms with Gasteiger partial charge in [-0.05, 0) is 89.1 Å². The maximum Gasteiger partial charge on any atom is 0.343 e. The van der Waals surface area contributed by atoms with Gasteiger partial charge in [0.25, 0.3) is 5.91 Å². The molecule has 5 aromatic rings. The monoisotopic (exact) mass is 617 g/mol. The molecule has 8 nitrogen and oxygen atoms in total. The Labute approximate surface area is 267 Å². The number of epoxide rings is 2. The Morgan fingerprint density at radius 3 is 1.80 bits per heavy atom. The summed E-state index contributed by atoms with van der Waals surface area (Å²) in [5.74, 6) is 1.32. The van der Waals surface area contributed by atoms with Crippen LogP contribution in [0.1, 0.15) is 40.5 Å². The molecular weight excluding hydrogens is 582 g/mol. The molecule has 2 unspecified atom stereocenters. The maximum absolute atomic E-state index is 13.7. The number of amides is 1. The SMILES string of the molecule is CCN(C(=O)c1ccc2cc(OCCC3CO3)ccc2c1)c1cccc(OC(=O)c2ccc3cc(OCCC4CO4)ccc3c2)c1. The number of hydrogen-bond acceptors (Lipinski definition) is 7. The number of fused-ring (bicyclic) bond motifs is 2. The number of carbonyl (C=O) groups excluding carboxylic acids is 2. The minimum absolute atomic E-state index is 0.142. The van der Waals surface area contributed by atoms with Gasteiger partial charge in [0.2, 0.25) is 0 Å². The van der Waals surface area contributed by atoms with E-state index >= 15 is 0 Å². The second kappa shape index (κ2) is 13.2. The first-order chi connectivity index (χ1) is 22.5. The van der Waals surface area contributed by atoms with Crippen molar-refractivity contribution >= 4 is 39.1 Å². The summed E-state index contributed by atoms with van der Waals surface area (Å²) in [6.45, 7) is 5.22. The lowest BCUT2D eigenvalue weighted by molar-refractivity contribution is 0.0735. The number of ether oxygens (including phenoxy) is 5. The molecule has 0 N–H and O–H groups in total. The van der Waals surface area contributed by atoms with E-state index in [4.69, 9.17) is 23.7 Å². The number of carbonyl (C=O) groups is 2. The van der Waals surface area contributed by atoms with Crippen LogP contribution in [0.3, 0.4) is 0 Å². The van der Waals surface area contributed by atoms with Crippen LogP contribution >= 0.6 is 0 Å². The molecule has 1 amide bonds. The molecule has 234 valence electrons. The first kappa shape index (κ1) is 29.8. The minimum atomic E-state index is -0.475. The first-order valence-electron chi connectivity index (χ1n) is 15.7. The van der Waals surface area contributed by atoms with Crippen molar-refractivity contribution in [1.82, 2.24) is 0 Å². The summed E-state index contributed by atoms with van der Waals surface area (Å²) in [6, 6.07) is 29.8. The molecule has 0 bridgehead atoms. The summed E-state index contributed by atoms with van der Waals surface area (Å²) >= 11 is 0. The molecule has 7 rings (SSSR count). The molecule has 2 aliphatic rings. The van der Waals surface area contributed by atoms with Gasteiger partial charge in [0, 0.05) is 36.7 Å². The summed E-state index contributed by atoms with van der Waals surface area (Å²) in [5.41, 5.74) is 1.64. The van der Waals surface area contributed by atoms with Gasteiger partial charge < -0.3 is 28.6 Å². The third kappa shape index (κ3) is 7.14. The Balaban J connectivity index is 1.01. The Bertz CT molecular complexity index is 1900. The fourth-order valence-electron chi connectivity index (χ4n) is 5.45. The lowest BCUT2D eigenvalue weighted by Gasteiger charge is -2.22. The standard InChI is InChI=1S/C38H35NO7/c1-2-39(37(40)29-8-6-27-20-32(12-10-25(27)18-29)42-16-14-35-23-44-35)31-4-3-5-34(22-31)46-38(41)30-9-7-28-21-33(13-11-26(28)19-30)43-17-15-36-24-45-36/h3-13,18-22,35-36H,2,14-17,23-24H2,1H3. The van der Waals surface area contributed by atoms with Crippen molar-refractivity contribution in [2.45, 2.75) is 32.0 Å². The van der Waals surface area contributed by atoms with E-state index in [1.807, 2.05) is 79.7 Å². The van der Waals surface area contributed by atoms with E-state index in [1.54, 1.807) is 29.2 Å². The molecule has 0 aliphatic carbocycles. The summed E-state index contributed by atoms with van der Waals surface area (Å²) in [4.78, 5) is 28.5. The zero-order chi connectivity index (χ0) is 31.5. The molecule has 0 radical (unpaired) electrons. The first-order valence-corrected chi connectivity index (χ1v) is 15.7. The molecule has 0 aromatic heterocycles. The van der Waals surface area contributed by atoms with Crippen LogP contribution < -0.4 is 19.1 Å². The molecule has 8 heteroatoms. The topological polar surface area (TPSA) is 90.1 Å². The fraction of sp³-hybridized carbons (Fsp3) is 0.263. The van der Waals surface area contributed by atoms with E-state index in [0.29, 0.717) is 54.5 Å². The predicted molar refractivity (Wildman–Crippen MR) is 176 cm³/mol. The molecule has 0 saturated carbocycles. The summed E-state index contributed by atoms with van der Waals surface area (Å²) < 4.78 is 27.9. The lowest BCUT2D eigenvalue weighted by Crippen LogP contribution is -2.30. The van der Waals surface area contributed by atoms with E-state index in [2.05, 4.69) is 0 Å². The molecule has 2 aliphatic heterocycles. The molecule has 46 heavy (non-hydrogen) atoms. The zero-order valence-corrected chi connectivity index (χ0v) is 25.6. The number of nitrogens with zero attached hydrogens (tertiary/aromatic N) is 1. The van der Waals surface area contributed by atoms with Crippen LogP contribution in [0, 0.1) is 0 Å². The highest BCUT2D eigenvalue weighted by Crippen LogP contribution is 2.28. The normalized spacial score (nSPS) is 16.6. The van der Waals surface area contributed by atoms with Gasteiger partial charge in [-0.25, -0.2) is 4.79 Å². The summed E-state index contributed by atoms with van der Waals surface area (Å²) in [6.07, 6.45) is 2.43. The number of anilines is 1. The average Bonchev–Trinajstić information content (AvgIpc) is 4.02. The second-order valence-corrected chi connectivity index (χ2v) is 11.6. The quantitative estimate of drug-likeness (QED) is 0.0783. The molecule has 5 aromatic carbocycles. The van der Waals surface area contributed by atoms with Gasteiger partial charge in [-0.2, -0.15) is 0 Å². The highest BCUT2D eigenvalue weighted by atomic mass is 16.6.